The van der Waals surface area contributed by atoms with Crippen LogP contribution in [-0.2, 0) is 9.47 Å². The molecule has 0 spiro atoms. The largest absolute Gasteiger partial charge is 0.462 e. The highest BCUT2D eigenvalue weighted by Gasteiger charge is 2.36. The molecule has 3 amide bonds. The number of carbonyl (C=O) groups is 5. The fraction of sp³-hybridized carbons (Fsp3) is 0.192. The van der Waals surface area contributed by atoms with Crippen molar-refractivity contribution in [2.45, 2.75) is 20.8 Å². The Hall–Kier alpha value is -4.73. The minimum atomic E-state index is -0.853. The summed E-state index contributed by atoms with van der Waals surface area (Å²) in [5.41, 5.74) is 0.679. The first-order valence-corrected chi connectivity index (χ1v) is 11.1. The molecule has 0 saturated heterocycles. The van der Waals surface area contributed by atoms with E-state index in [1.807, 2.05) is 0 Å². The van der Waals surface area contributed by atoms with Crippen molar-refractivity contribution < 1.29 is 37.9 Å². The van der Waals surface area contributed by atoms with Crippen LogP contribution in [-0.4, -0.2) is 42.9 Å². The zero-order valence-electron chi connectivity index (χ0n) is 19.7. The van der Waals surface area contributed by atoms with E-state index in [9.17, 15) is 24.0 Å². The number of fused-ring (bicyclic) bond motifs is 1. The van der Waals surface area contributed by atoms with Crippen molar-refractivity contribution in [1.29, 1.82) is 0 Å². The Kier molecular flexibility index (Phi) is 6.69. The van der Waals surface area contributed by atoms with E-state index in [1.165, 1.54) is 31.2 Å². The van der Waals surface area contributed by atoms with Crippen molar-refractivity contribution in [1.82, 2.24) is 0 Å². The number of furan rings is 1. The number of nitrogens with one attached hydrogen (secondary N) is 1. The molecule has 0 atom stereocenters. The number of hydrogen-bond acceptors (Lipinski definition) is 8. The van der Waals surface area contributed by atoms with Crippen molar-refractivity contribution in [2.75, 3.05) is 23.4 Å². The van der Waals surface area contributed by atoms with Crippen LogP contribution in [0.15, 0.2) is 52.9 Å². The molecule has 2 heterocycles. The Morgan fingerprint density at radius 3 is 1.89 bits per heavy atom. The van der Waals surface area contributed by atoms with Crippen molar-refractivity contribution in [2.24, 2.45) is 0 Å². The van der Waals surface area contributed by atoms with Crippen molar-refractivity contribution in [3.05, 3.63) is 82.1 Å². The summed E-state index contributed by atoms with van der Waals surface area (Å²) in [6.07, 6.45) is 0. The predicted octanol–water partition coefficient (Wildman–Crippen LogP) is 3.99. The number of aryl methyl sites for hydroxylation is 1. The van der Waals surface area contributed by atoms with Crippen molar-refractivity contribution in [3.8, 4) is 0 Å². The quantitative estimate of drug-likeness (QED) is 0.388. The Bertz CT molecular complexity index is 1350. The first-order chi connectivity index (χ1) is 17.3. The Morgan fingerprint density at radius 1 is 0.833 bits per heavy atom. The smallest absolute Gasteiger partial charge is 0.344 e. The molecule has 1 N–H and O–H groups in total. The average molecular weight is 490 g/mol. The second kappa shape index (κ2) is 9.87. The number of anilines is 2. The highest BCUT2D eigenvalue weighted by molar-refractivity contribution is 6.34. The van der Waals surface area contributed by atoms with Crippen LogP contribution in [0, 0.1) is 6.92 Å². The van der Waals surface area contributed by atoms with Gasteiger partial charge in [0.25, 0.3) is 17.7 Å². The van der Waals surface area contributed by atoms with Crippen LogP contribution in [0.5, 0.6) is 0 Å². The third-order valence-corrected chi connectivity index (χ3v) is 5.45. The maximum atomic E-state index is 12.9. The number of rotatable bonds is 7. The average Bonchev–Trinajstić information content (AvgIpc) is 3.32. The van der Waals surface area contributed by atoms with Gasteiger partial charge in [-0.05, 0) is 57.2 Å². The summed E-state index contributed by atoms with van der Waals surface area (Å²) in [6.45, 7) is 4.79. The number of carbonyl (C=O) groups excluding carboxylic acids is 5. The Morgan fingerprint density at radius 2 is 1.36 bits per heavy atom. The molecule has 10 heteroatoms. The standard InChI is InChI=1S/C26H22N2O8/c1-4-34-25(32)19-14(3)36-22(20(19)26(33)35-5-2)27-21(29)15-10-12-16(13-11-15)28-23(30)17-8-6-7-9-18(17)24(28)31/h6-13H,4-5H2,1-3H3,(H,27,29). The Balaban J connectivity index is 1.59. The van der Waals surface area contributed by atoms with Crippen LogP contribution < -0.4 is 10.2 Å². The van der Waals surface area contributed by atoms with Gasteiger partial charge in [-0.25, -0.2) is 14.5 Å². The maximum Gasteiger partial charge on any atom is 0.344 e. The van der Waals surface area contributed by atoms with E-state index in [0.29, 0.717) is 16.8 Å². The lowest BCUT2D eigenvalue weighted by molar-refractivity contribution is 0.0480. The van der Waals surface area contributed by atoms with Crippen LogP contribution in [0.2, 0.25) is 0 Å². The molecule has 1 aromatic heterocycles. The van der Waals surface area contributed by atoms with Gasteiger partial charge >= 0.3 is 11.9 Å². The lowest BCUT2D eigenvalue weighted by Crippen LogP contribution is -2.29. The van der Waals surface area contributed by atoms with Crippen LogP contribution in [0.25, 0.3) is 0 Å². The minimum Gasteiger partial charge on any atom is -0.462 e. The van der Waals surface area contributed by atoms with Gasteiger partial charge in [0.15, 0.2) is 0 Å². The second-order valence-corrected chi connectivity index (χ2v) is 7.67. The number of amides is 3. The van der Waals surface area contributed by atoms with Crippen molar-refractivity contribution >= 4 is 41.2 Å². The van der Waals surface area contributed by atoms with E-state index in [2.05, 4.69) is 5.32 Å². The first-order valence-electron chi connectivity index (χ1n) is 11.1. The summed E-state index contributed by atoms with van der Waals surface area (Å²) in [5, 5.41) is 2.48. The summed E-state index contributed by atoms with van der Waals surface area (Å²) < 4.78 is 15.5. The lowest BCUT2D eigenvalue weighted by Gasteiger charge is -2.14. The van der Waals surface area contributed by atoms with Crippen LogP contribution in [0.3, 0.4) is 0 Å². The van der Waals surface area contributed by atoms with Crippen LogP contribution >= 0.6 is 0 Å². The van der Waals surface area contributed by atoms with Crippen LogP contribution in [0.4, 0.5) is 11.6 Å². The van der Waals surface area contributed by atoms with Gasteiger partial charge in [-0.3, -0.25) is 19.7 Å². The number of benzene rings is 2. The SMILES string of the molecule is CCOC(=O)c1c(C)oc(NC(=O)c2ccc(N3C(=O)c4ccccc4C3=O)cc2)c1C(=O)OCC. The maximum absolute atomic E-state index is 12.9. The molecule has 0 unspecified atom stereocenters. The number of hydrogen-bond donors (Lipinski definition) is 1. The molecule has 36 heavy (non-hydrogen) atoms. The van der Waals surface area contributed by atoms with Gasteiger partial charge in [0.2, 0.25) is 5.88 Å². The molecule has 2 aromatic carbocycles. The van der Waals surface area contributed by atoms with Gasteiger partial charge in [0.1, 0.15) is 16.9 Å². The molecule has 10 nitrogen and oxygen atoms in total. The summed E-state index contributed by atoms with van der Waals surface area (Å²) in [4.78, 5) is 64.3. The number of nitrogens with zero attached hydrogens (tertiary/aromatic N) is 1. The second-order valence-electron chi connectivity index (χ2n) is 7.67. The van der Waals surface area contributed by atoms with E-state index >= 15 is 0 Å². The molecule has 184 valence electrons. The zero-order valence-corrected chi connectivity index (χ0v) is 19.7. The molecule has 3 aromatic rings. The summed E-state index contributed by atoms with van der Waals surface area (Å²) in [7, 11) is 0. The third-order valence-electron chi connectivity index (χ3n) is 5.45. The van der Waals surface area contributed by atoms with E-state index in [4.69, 9.17) is 13.9 Å². The summed E-state index contributed by atoms with van der Waals surface area (Å²) >= 11 is 0. The van der Waals surface area contributed by atoms with Crippen LogP contribution in [0.1, 0.15) is 71.4 Å². The van der Waals surface area contributed by atoms with Gasteiger partial charge in [-0.15, -0.1) is 0 Å². The molecule has 0 fully saturated rings. The zero-order chi connectivity index (χ0) is 26.0. The number of esters is 2. The molecule has 4 rings (SSSR count). The highest BCUT2D eigenvalue weighted by atomic mass is 16.5. The normalized spacial score (nSPS) is 12.4. The lowest BCUT2D eigenvalue weighted by atomic mass is 10.1. The van der Waals surface area contributed by atoms with Gasteiger partial charge < -0.3 is 13.9 Å². The summed E-state index contributed by atoms with van der Waals surface area (Å²) in [5.74, 6) is -3.38. The molecule has 0 aliphatic carbocycles. The van der Waals surface area contributed by atoms with E-state index in [-0.39, 0.29) is 41.5 Å². The highest BCUT2D eigenvalue weighted by Crippen LogP contribution is 2.31. The van der Waals surface area contributed by atoms with Gasteiger partial charge in [0, 0.05) is 5.56 Å². The molecule has 1 aliphatic rings. The molecule has 0 bridgehead atoms. The fourth-order valence-electron chi connectivity index (χ4n) is 3.84. The fourth-order valence-corrected chi connectivity index (χ4v) is 3.84. The monoisotopic (exact) mass is 490 g/mol. The number of imide groups is 1. The van der Waals surface area contributed by atoms with E-state index in [0.717, 1.165) is 4.90 Å². The third kappa shape index (κ3) is 4.24. The molecule has 0 radical (unpaired) electrons. The minimum absolute atomic E-state index is 0.0397. The first kappa shape index (κ1) is 24.4. The van der Waals surface area contributed by atoms with E-state index in [1.54, 1.807) is 38.1 Å². The molecule has 0 saturated carbocycles. The number of ether oxygens (including phenoxy) is 2. The molecule has 1 aliphatic heterocycles. The molecular weight excluding hydrogens is 468 g/mol. The predicted molar refractivity (Wildman–Crippen MR) is 127 cm³/mol. The van der Waals surface area contributed by atoms with E-state index < -0.39 is 29.7 Å². The van der Waals surface area contributed by atoms with Gasteiger partial charge in [-0.1, -0.05) is 12.1 Å². The summed E-state index contributed by atoms with van der Waals surface area (Å²) in [6, 6.07) is 12.3. The topological polar surface area (TPSA) is 132 Å². The van der Waals surface area contributed by atoms with Gasteiger partial charge in [-0.2, -0.15) is 0 Å². The van der Waals surface area contributed by atoms with Crippen molar-refractivity contribution in [3.63, 3.8) is 0 Å². The van der Waals surface area contributed by atoms with Gasteiger partial charge in [0.05, 0.1) is 30.0 Å². The molecular formula is C26H22N2O8. The Labute approximate surface area is 205 Å².